The Morgan fingerprint density at radius 2 is 2.50 bits per heavy atom. The molecular weight excluding hydrogens is 124 g/mol. The molecule has 0 saturated carbocycles. The van der Waals surface area contributed by atoms with Crippen molar-refractivity contribution >= 4 is 12.3 Å². The quantitative estimate of drug-likeness (QED) is 0.605. The largest absolute Gasteiger partial charge is 0.242 e. The molecule has 0 aromatic carbocycles. The molecule has 0 aliphatic rings. The minimum atomic E-state index is 1.05. The maximum Gasteiger partial charge on any atom is 0.0657 e. The number of rotatable bonds is 2. The van der Waals surface area contributed by atoms with Gasteiger partial charge in [0.2, 0.25) is 0 Å². The van der Waals surface area contributed by atoms with E-state index >= 15 is 0 Å². The highest BCUT2D eigenvalue weighted by Gasteiger charge is 1.90. The third-order valence-corrected chi connectivity index (χ3v) is 1.21. The predicted molar refractivity (Wildman–Crippen MR) is 43.3 cm³/mol. The molecule has 0 amide bonds. The second-order valence-electron chi connectivity index (χ2n) is 1.88. The summed E-state index contributed by atoms with van der Waals surface area (Å²) >= 11 is 0. The lowest BCUT2D eigenvalue weighted by Gasteiger charge is -1.92. The Morgan fingerprint density at radius 1 is 1.70 bits per heavy atom. The van der Waals surface area contributed by atoms with Gasteiger partial charge in [-0.15, -0.1) is 0 Å². The van der Waals surface area contributed by atoms with Crippen LogP contribution in [0.4, 0.5) is 0 Å². The number of hydrogen-bond donors (Lipinski definition) is 0. The van der Waals surface area contributed by atoms with Crippen LogP contribution in [-0.2, 0) is 0 Å². The van der Waals surface area contributed by atoms with Crippen molar-refractivity contribution in [1.82, 2.24) is 9.78 Å². The van der Waals surface area contributed by atoms with Crippen LogP contribution in [0.2, 0.25) is 0 Å². The van der Waals surface area contributed by atoms with Crippen LogP contribution >= 0.6 is 0 Å². The summed E-state index contributed by atoms with van der Waals surface area (Å²) in [6.45, 7) is 5.59. The molecule has 0 atom stereocenters. The standard InChI is InChI=1S/C8H10N2/c1-3-5-8-6-7-9-10(8)4-2/h3-7H,2H2,1H3/b5-3-. The minimum Gasteiger partial charge on any atom is -0.242 e. The van der Waals surface area contributed by atoms with Crippen molar-refractivity contribution < 1.29 is 0 Å². The van der Waals surface area contributed by atoms with E-state index in [9.17, 15) is 0 Å². The molecule has 1 rings (SSSR count). The van der Waals surface area contributed by atoms with Crippen molar-refractivity contribution in [2.24, 2.45) is 0 Å². The van der Waals surface area contributed by atoms with Crippen molar-refractivity contribution in [3.05, 3.63) is 30.6 Å². The zero-order chi connectivity index (χ0) is 7.40. The van der Waals surface area contributed by atoms with Gasteiger partial charge in [0, 0.05) is 12.4 Å². The molecule has 0 bridgehead atoms. The summed E-state index contributed by atoms with van der Waals surface area (Å²) in [5, 5.41) is 4.00. The number of allylic oxidation sites excluding steroid dienone is 1. The molecule has 0 fully saturated rings. The first-order chi connectivity index (χ1) is 4.88. The average Bonchev–Trinajstić information content (AvgIpc) is 2.36. The highest BCUT2D eigenvalue weighted by molar-refractivity contribution is 5.46. The molecule has 0 aliphatic heterocycles. The predicted octanol–water partition coefficient (Wildman–Crippen LogP) is 2.02. The van der Waals surface area contributed by atoms with E-state index in [1.165, 1.54) is 0 Å². The van der Waals surface area contributed by atoms with Crippen molar-refractivity contribution in [2.75, 3.05) is 0 Å². The highest BCUT2D eigenvalue weighted by Crippen LogP contribution is 2.00. The van der Waals surface area contributed by atoms with Crippen LogP contribution in [0.1, 0.15) is 12.6 Å². The SMILES string of the molecule is C=Cn1nccc1/C=C\C. The Labute approximate surface area is 60.5 Å². The molecule has 0 spiro atoms. The second kappa shape index (κ2) is 3.01. The molecule has 2 heteroatoms. The third kappa shape index (κ3) is 1.16. The number of nitrogens with zero attached hydrogens (tertiary/aromatic N) is 2. The average molecular weight is 134 g/mol. The zero-order valence-electron chi connectivity index (χ0n) is 5.99. The Hall–Kier alpha value is -1.31. The molecular formula is C8H10N2. The summed E-state index contributed by atoms with van der Waals surface area (Å²) in [7, 11) is 0. The fourth-order valence-corrected chi connectivity index (χ4v) is 0.780. The Kier molecular flexibility index (Phi) is 2.05. The van der Waals surface area contributed by atoms with E-state index in [1.54, 1.807) is 17.1 Å². The van der Waals surface area contributed by atoms with Crippen LogP contribution in [0.5, 0.6) is 0 Å². The second-order valence-corrected chi connectivity index (χ2v) is 1.88. The summed E-state index contributed by atoms with van der Waals surface area (Å²) in [5.41, 5.74) is 1.05. The van der Waals surface area contributed by atoms with E-state index in [0.29, 0.717) is 0 Å². The fraction of sp³-hybridized carbons (Fsp3) is 0.125. The topological polar surface area (TPSA) is 17.8 Å². The first-order valence-corrected chi connectivity index (χ1v) is 3.17. The molecule has 1 aromatic heterocycles. The van der Waals surface area contributed by atoms with Gasteiger partial charge in [0.05, 0.1) is 5.69 Å². The van der Waals surface area contributed by atoms with Crippen molar-refractivity contribution in [1.29, 1.82) is 0 Å². The first kappa shape index (κ1) is 6.81. The fourth-order valence-electron chi connectivity index (χ4n) is 0.780. The van der Waals surface area contributed by atoms with Crippen LogP contribution in [0.3, 0.4) is 0 Å². The van der Waals surface area contributed by atoms with E-state index in [4.69, 9.17) is 0 Å². The van der Waals surface area contributed by atoms with Gasteiger partial charge in [-0.2, -0.15) is 5.10 Å². The summed E-state index contributed by atoms with van der Waals surface area (Å²) in [4.78, 5) is 0. The van der Waals surface area contributed by atoms with E-state index in [2.05, 4.69) is 11.7 Å². The van der Waals surface area contributed by atoms with Gasteiger partial charge in [-0.05, 0) is 19.1 Å². The van der Waals surface area contributed by atoms with Crippen molar-refractivity contribution in [2.45, 2.75) is 6.92 Å². The first-order valence-electron chi connectivity index (χ1n) is 3.17. The Balaban J connectivity index is 3.00. The molecule has 0 radical (unpaired) electrons. The summed E-state index contributed by atoms with van der Waals surface area (Å²) in [6.07, 6.45) is 7.37. The van der Waals surface area contributed by atoms with Gasteiger partial charge in [-0.1, -0.05) is 12.7 Å². The number of hydrogen-bond acceptors (Lipinski definition) is 1. The van der Waals surface area contributed by atoms with Crippen LogP contribution in [0.25, 0.3) is 12.3 Å². The van der Waals surface area contributed by atoms with Gasteiger partial charge in [-0.25, -0.2) is 4.68 Å². The maximum absolute atomic E-state index is 4.00. The molecule has 2 nitrogen and oxygen atoms in total. The van der Waals surface area contributed by atoms with E-state index in [0.717, 1.165) is 5.69 Å². The van der Waals surface area contributed by atoms with E-state index in [-0.39, 0.29) is 0 Å². The minimum absolute atomic E-state index is 1.05. The molecule has 1 aromatic rings. The van der Waals surface area contributed by atoms with Gasteiger partial charge in [0.25, 0.3) is 0 Å². The molecule has 10 heavy (non-hydrogen) atoms. The van der Waals surface area contributed by atoms with Crippen molar-refractivity contribution in [3.63, 3.8) is 0 Å². The van der Waals surface area contributed by atoms with E-state index in [1.807, 2.05) is 25.1 Å². The maximum atomic E-state index is 4.00. The molecule has 52 valence electrons. The summed E-state index contributed by atoms with van der Waals surface area (Å²) < 4.78 is 1.72. The monoisotopic (exact) mass is 134 g/mol. The van der Waals surface area contributed by atoms with Crippen LogP contribution in [-0.4, -0.2) is 9.78 Å². The van der Waals surface area contributed by atoms with Crippen LogP contribution in [0.15, 0.2) is 24.9 Å². The lowest BCUT2D eigenvalue weighted by Crippen LogP contribution is -1.89. The van der Waals surface area contributed by atoms with Crippen molar-refractivity contribution in [3.8, 4) is 0 Å². The smallest absolute Gasteiger partial charge is 0.0657 e. The molecule has 0 N–H and O–H groups in total. The Bertz CT molecular complexity index is 246. The molecule has 0 saturated heterocycles. The zero-order valence-corrected chi connectivity index (χ0v) is 5.99. The van der Waals surface area contributed by atoms with Gasteiger partial charge < -0.3 is 0 Å². The summed E-state index contributed by atoms with van der Waals surface area (Å²) in [5.74, 6) is 0. The third-order valence-electron chi connectivity index (χ3n) is 1.21. The van der Waals surface area contributed by atoms with Gasteiger partial charge in [0.15, 0.2) is 0 Å². The highest BCUT2D eigenvalue weighted by atomic mass is 15.3. The van der Waals surface area contributed by atoms with Gasteiger partial charge in [0.1, 0.15) is 0 Å². The summed E-state index contributed by atoms with van der Waals surface area (Å²) in [6, 6.07) is 1.93. The number of aromatic nitrogens is 2. The molecule has 0 aliphatic carbocycles. The van der Waals surface area contributed by atoms with E-state index < -0.39 is 0 Å². The van der Waals surface area contributed by atoms with Gasteiger partial charge in [-0.3, -0.25) is 0 Å². The van der Waals surface area contributed by atoms with Crippen LogP contribution < -0.4 is 0 Å². The Morgan fingerprint density at radius 3 is 3.10 bits per heavy atom. The van der Waals surface area contributed by atoms with Gasteiger partial charge >= 0.3 is 0 Å². The lowest BCUT2D eigenvalue weighted by atomic mass is 10.4. The molecule has 0 unspecified atom stereocenters. The lowest BCUT2D eigenvalue weighted by molar-refractivity contribution is 0.926. The van der Waals surface area contributed by atoms with Crippen LogP contribution in [0, 0.1) is 0 Å². The molecule has 1 heterocycles. The normalized spacial score (nSPS) is 10.5.